The molecule has 196 valence electrons. The third-order valence-corrected chi connectivity index (χ3v) is 8.88. The summed E-state index contributed by atoms with van der Waals surface area (Å²) in [5.41, 5.74) is 4.03. The molecular formula is C28H24FN7O2S. The van der Waals surface area contributed by atoms with Gasteiger partial charge in [-0.05, 0) is 56.9 Å². The fraction of sp³-hybridized carbons (Fsp3) is 0.321. The van der Waals surface area contributed by atoms with Gasteiger partial charge in [0.15, 0.2) is 0 Å². The van der Waals surface area contributed by atoms with Gasteiger partial charge in [0.1, 0.15) is 18.0 Å². The van der Waals surface area contributed by atoms with Gasteiger partial charge < -0.3 is 9.64 Å². The number of aromatic nitrogens is 4. The average molecular weight is 542 g/mol. The van der Waals surface area contributed by atoms with Crippen molar-refractivity contribution in [3.05, 3.63) is 65.5 Å². The molecule has 2 aliphatic heterocycles. The minimum atomic E-state index is -0.481. The Bertz CT molecular complexity index is 1680. The van der Waals surface area contributed by atoms with Crippen molar-refractivity contribution < 1.29 is 13.9 Å². The lowest BCUT2D eigenvalue weighted by atomic mass is 9.97. The molecular weight excluding hydrogens is 517 g/mol. The van der Waals surface area contributed by atoms with Crippen LogP contribution >= 0.6 is 11.8 Å². The first kappa shape index (κ1) is 25.0. The molecule has 0 aliphatic carbocycles. The van der Waals surface area contributed by atoms with Crippen LogP contribution in [-0.4, -0.2) is 49.6 Å². The van der Waals surface area contributed by atoms with Crippen molar-refractivity contribution in [2.24, 2.45) is 0 Å². The van der Waals surface area contributed by atoms with Crippen LogP contribution in [0.2, 0.25) is 0 Å². The van der Waals surface area contributed by atoms with Crippen LogP contribution in [-0.2, 0) is 4.74 Å². The van der Waals surface area contributed by atoms with Crippen LogP contribution in [0.3, 0.4) is 0 Å². The molecule has 2 aliphatic rings. The highest BCUT2D eigenvalue weighted by Crippen LogP contribution is 2.43. The smallest absolute Gasteiger partial charge is 0.409 e. The molecule has 11 heteroatoms. The molecule has 0 N–H and O–H groups in total. The molecule has 5 heterocycles. The second-order valence-electron chi connectivity index (χ2n) is 9.89. The number of ether oxygens (including phenoxy) is 1. The van der Waals surface area contributed by atoms with E-state index < -0.39 is 5.82 Å². The van der Waals surface area contributed by atoms with Crippen molar-refractivity contribution in [1.82, 2.24) is 24.3 Å². The second kappa shape index (κ2) is 9.75. The lowest BCUT2D eigenvalue weighted by Gasteiger charge is -2.38. The molecule has 0 radical (unpaired) electrons. The first-order chi connectivity index (χ1) is 18.9. The SMILES string of the molecule is COC(=O)N1C2CC[C@H]1C[C@H](n1ncc(-c3cc(Sc4ccc(F)cc4C#N)c4c(C#N)cnn4c3)c1C)C2. The molecule has 2 saturated heterocycles. The summed E-state index contributed by atoms with van der Waals surface area (Å²) in [4.78, 5) is 15.5. The van der Waals surface area contributed by atoms with Gasteiger partial charge in [-0.3, -0.25) is 4.68 Å². The van der Waals surface area contributed by atoms with Crippen molar-refractivity contribution in [1.29, 1.82) is 10.5 Å². The van der Waals surface area contributed by atoms with Crippen molar-refractivity contribution in [3.8, 4) is 23.3 Å². The van der Waals surface area contributed by atoms with Gasteiger partial charge in [-0.2, -0.15) is 20.7 Å². The van der Waals surface area contributed by atoms with Crippen LogP contribution < -0.4 is 0 Å². The summed E-state index contributed by atoms with van der Waals surface area (Å²) >= 11 is 1.30. The summed E-state index contributed by atoms with van der Waals surface area (Å²) in [6, 6.07) is 10.8. The summed E-state index contributed by atoms with van der Waals surface area (Å²) < 4.78 is 22.5. The van der Waals surface area contributed by atoms with Gasteiger partial charge in [-0.15, -0.1) is 0 Å². The van der Waals surface area contributed by atoms with Crippen molar-refractivity contribution >= 4 is 23.4 Å². The van der Waals surface area contributed by atoms with Gasteiger partial charge in [0, 0.05) is 44.9 Å². The van der Waals surface area contributed by atoms with E-state index in [1.807, 2.05) is 30.3 Å². The Hall–Kier alpha value is -4.35. The van der Waals surface area contributed by atoms with Crippen molar-refractivity contribution in [2.45, 2.75) is 60.5 Å². The van der Waals surface area contributed by atoms with E-state index in [0.29, 0.717) is 16.0 Å². The maximum absolute atomic E-state index is 13.8. The molecule has 0 saturated carbocycles. The van der Waals surface area contributed by atoms with E-state index in [0.717, 1.165) is 47.4 Å². The van der Waals surface area contributed by atoms with Crippen LogP contribution in [0.4, 0.5) is 9.18 Å². The largest absolute Gasteiger partial charge is 0.453 e. The molecule has 3 atom stereocenters. The normalized spacial score (nSPS) is 20.1. The quantitative estimate of drug-likeness (QED) is 0.337. The minimum Gasteiger partial charge on any atom is -0.453 e. The summed E-state index contributed by atoms with van der Waals surface area (Å²) in [5.74, 6) is -0.481. The fourth-order valence-corrected chi connectivity index (χ4v) is 7.09. The van der Waals surface area contributed by atoms with E-state index in [1.54, 1.807) is 10.6 Å². The molecule has 4 aromatic rings. The number of piperidine rings is 1. The maximum atomic E-state index is 13.8. The molecule has 2 fully saturated rings. The van der Waals surface area contributed by atoms with E-state index in [2.05, 4.69) is 21.9 Å². The Kier molecular flexibility index (Phi) is 6.24. The summed E-state index contributed by atoms with van der Waals surface area (Å²) in [6.07, 6.45) is 8.54. The standard InChI is InChI=1S/C28H24FN7O2S/c1-16-24(14-33-36(16)23-9-21-4-5-22(10-23)35(21)28(37)38-2)18-8-26(27-19(12-31)13-32-34(27)15-18)39-25-6-3-20(29)7-17(25)11-30/h3,6-8,13-15,21-23H,4-5,9-10H2,1-2H3/t21-,22?,23-/m0/s1. The first-order valence-electron chi connectivity index (χ1n) is 12.6. The van der Waals surface area contributed by atoms with Gasteiger partial charge in [-0.25, -0.2) is 13.7 Å². The number of fused-ring (bicyclic) bond motifs is 3. The van der Waals surface area contributed by atoms with Gasteiger partial charge in [0.25, 0.3) is 0 Å². The predicted octanol–water partition coefficient (Wildman–Crippen LogP) is 5.47. The molecule has 0 spiro atoms. The topological polar surface area (TPSA) is 112 Å². The zero-order chi connectivity index (χ0) is 27.3. The van der Waals surface area contributed by atoms with Gasteiger partial charge in [-0.1, -0.05) is 11.8 Å². The number of hydrogen-bond donors (Lipinski definition) is 0. The third kappa shape index (κ3) is 4.19. The number of carbonyl (C=O) groups excluding carboxylic acids is 1. The van der Waals surface area contributed by atoms with Gasteiger partial charge in [0.2, 0.25) is 0 Å². The summed E-state index contributed by atoms with van der Waals surface area (Å²) in [7, 11) is 1.43. The van der Waals surface area contributed by atoms with Crippen molar-refractivity contribution in [3.63, 3.8) is 0 Å². The van der Waals surface area contributed by atoms with Crippen LogP contribution in [0.1, 0.15) is 48.5 Å². The van der Waals surface area contributed by atoms with Gasteiger partial charge >= 0.3 is 6.09 Å². The highest BCUT2D eigenvalue weighted by Gasteiger charge is 2.44. The van der Waals surface area contributed by atoms with E-state index in [1.165, 1.54) is 37.2 Å². The van der Waals surface area contributed by atoms with Gasteiger partial charge in [0.05, 0.1) is 42.2 Å². The zero-order valence-corrected chi connectivity index (χ0v) is 22.2. The Morgan fingerprint density at radius 1 is 1.05 bits per heavy atom. The minimum absolute atomic E-state index is 0.145. The lowest BCUT2D eigenvalue weighted by Crippen LogP contribution is -2.47. The Labute approximate surface area is 228 Å². The van der Waals surface area contributed by atoms with Crippen LogP contribution in [0, 0.1) is 35.4 Å². The fourth-order valence-electron chi connectivity index (χ4n) is 6.01. The number of halogens is 1. The van der Waals surface area contributed by atoms with E-state index in [9.17, 15) is 19.7 Å². The highest BCUT2D eigenvalue weighted by atomic mass is 32.2. The number of nitriles is 2. The molecule has 2 bridgehead atoms. The van der Waals surface area contributed by atoms with E-state index in [-0.39, 0.29) is 29.8 Å². The summed E-state index contributed by atoms with van der Waals surface area (Å²) in [6.45, 7) is 2.03. The molecule has 1 aromatic carbocycles. The number of hydrogen-bond acceptors (Lipinski definition) is 7. The van der Waals surface area contributed by atoms with Crippen molar-refractivity contribution in [2.75, 3.05) is 7.11 Å². The Morgan fingerprint density at radius 2 is 1.79 bits per heavy atom. The van der Waals surface area contributed by atoms with Crippen LogP contribution in [0.5, 0.6) is 0 Å². The molecule has 3 aromatic heterocycles. The number of carbonyl (C=O) groups is 1. The Balaban J connectivity index is 1.37. The molecule has 39 heavy (non-hydrogen) atoms. The molecule has 6 rings (SSSR count). The van der Waals surface area contributed by atoms with E-state index >= 15 is 0 Å². The number of amides is 1. The summed E-state index contributed by atoms with van der Waals surface area (Å²) in [5, 5.41) is 28.4. The Morgan fingerprint density at radius 3 is 2.49 bits per heavy atom. The second-order valence-corrected chi connectivity index (χ2v) is 11.0. The zero-order valence-electron chi connectivity index (χ0n) is 21.3. The number of benzene rings is 1. The lowest BCUT2D eigenvalue weighted by molar-refractivity contribution is 0.0706. The number of pyridine rings is 1. The first-order valence-corrected chi connectivity index (χ1v) is 13.4. The van der Waals surface area contributed by atoms with Crippen LogP contribution in [0.25, 0.3) is 16.6 Å². The predicted molar refractivity (Wildman–Crippen MR) is 140 cm³/mol. The monoisotopic (exact) mass is 541 g/mol. The van der Waals surface area contributed by atoms with E-state index in [4.69, 9.17) is 9.84 Å². The number of rotatable bonds is 4. The molecule has 1 unspecified atom stereocenters. The maximum Gasteiger partial charge on any atom is 0.409 e. The molecule has 1 amide bonds. The number of nitrogens with zero attached hydrogens (tertiary/aromatic N) is 7. The molecule has 9 nitrogen and oxygen atoms in total. The number of methoxy groups -OCH3 is 1. The van der Waals surface area contributed by atoms with Crippen LogP contribution in [0.15, 0.2) is 52.6 Å². The highest BCUT2D eigenvalue weighted by molar-refractivity contribution is 7.99. The average Bonchev–Trinajstić information content (AvgIpc) is 3.62. The third-order valence-electron chi connectivity index (χ3n) is 7.77.